The molecule has 1 aromatic rings. The Labute approximate surface area is 114 Å². The van der Waals surface area contributed by atoms with Gasteiger partial charge in [-0.1, -0.05) is 25.0 Å². The summed E-state index contributed by atoms with van der Waals surface area (Å²) in [7, 11) is 0. The van der Waals surface area contributed by atoms with E-state index in [1.165, 1.54) is 0 Å². The SMILES string of the molecule is OCCCCCC/N=C/c1cccc(OCCO)c1. The minimum Gasteiger partial charge on any atom is -0.491 e. The highest BCUT2D eigenvalue weighted by atomic mass is 16.5. The lowest BCUT2D eigenvalue weighted by Gasteiger charge is -2.04. The molecule has 0 aliphatic rings. The van der Waals surface area contributed by atoms with E-state index in [-0.39, 0.29) is 13.2 Å². The van der Waals surface area contributed by atoms with Gasteiger partial charge >= 0.3 is 0 Å². The predicted molar refractivity (Wildman–Crippen MR) is 77.0 cm³/mol. The van der Waals surface area contributed by atoms with Gasteiger partial charge in [-0.2, -0.15) is 0 Å². The number of unbranched alkanes of at least 4 members (excludes halogenated alkanes) is 3. The van der Waals surface area contributed by atoms with E-state index in [0.29, 0.717) is 6.61 Å². The Morgan fingerprint density at radius 3 is 2.68 bits per heavy atom. The van der Waals surface area contributed by atoms with Gasteiger partial charge in [-0.25, -0.2) is 0 Å². The standard InChI is InChI=1S/C15H23NO3/c17-9-4-2-1-3-8-16-13-14-6-5-7-15(12-14)19-11-10-18/h5-7,12-13,17-18H,1-4,8-11H2/b16-13+. The van der Waals surface area contributed by atoms with Crippen LogP contribution in [0.25, 0.3) is 0 Å². The van der Waals surface area contributed by atoms with E-state index in [9.17, 15) is 0 Å². The summed E-state index contributed by atoms with van der Waals surface area (Å²) in [6.45, 7) is 1.43. The van der Waals surface area contributed by atoms with Crippen LogP contribution in [0.1, 0.15) is 31.2 Å². The molecule has 0 aliphatic heterocycles. The lowest BCUT2D eigenvalue weighted by Crippen LogP contribution is -2.01. The van der Waals surface area contributed by atoms with Crippen LogP contribution in [0.2, 0.25) is 0 Å². The molecule has 0 saturated carbocycles. The zero-order valence-corrected chi connectivity index (χ0v) is 11.3. The molecule has 4 heteroatoms. The van der Waals surface area contributed by atoms with Gasteiger partial charge in [0.15, 0.2) is 0 Å². The van der Waals surface area contributed by atoms with Crippen LogP contribution in [0.5, 0.6) is 5.75 Å². The first-order chi connectivity index (χ1) is 9.36. The Hall–Kier alpha value is -1.39. The van der Waals surface area contributed by atoms with Crippen LogP contribution in [0, 0.1) is 0 Å². The van der Waals surface area contributed by atoms with Crippen LogP contribution in [-0.4, -0.2) is 42.8 Å². The molecule has 0 bridgehead atoms. The van der Waals surface area contributed by atoms with E-state index in [1.54, 1.807) is 0 Å². The Balaban J connectivity index is 2.27. The number of ether oxygens (including phenoxy) is 1. The van der Waals surface area contributed by atoms with Crippen molar-refractivity contribution in [2.45, 2.75) is 25.7 Å². The Morgan fingerprint density at radius 2 is 1.89 bits per heavy atom. The van der Waals surface area contributed by atoms with Crippen LogP contribution >= 0.6 is 0 Å². The van der Waals surface area contributed by atoms with Crippen molar-refractivity contribution in [3.63, 3.8) is 0 Å². The van der Waals surface area contributed by atoms with Crippen molar-refractivity contribution >= 4 is 6.21 Å². The van der Waals surface area contributed by atoms with Gasteiger partial charge in [0.1, 0.15) is 12.4 Å². The molecule has 0 amide bonds. The number of hydrogen-bond donors (Lipinski definition) is 2. The highest BCUT2D eigenvalue weighted by molar-refractivity contribution is 5.80. The van der Waals surface area contributed by atoms with E-state index in [1.807, 2.05) is 30.5 Å². The average Bonchev–Trinajstić information content (AvgIpc) is 2.44. The maximum atomic E-state index is 8.69. The summed E-state index contributed by atoms with van der Waals surface area (Å²) in [6, 6.07) is 7.66. The number of nitrogens with zero attached hydrogens (tertiary/aromatic N) is 1. The van der Waals surface area contributed by atoms with Gasteiger partial charge in [0.05, 0.1) is 6.61 Å². The highest BCUT2D eigenvalue weighted by Crippen LogP contribution is 2.11. The Morgan fingerprint density at radius 1 is 1.05 bits per heavy atom. The molecule has 1 aromatic carbocycles. The molecule has 0 spiro atoms. The number of aliphatic imine (C=N–C) groups is 1. The third-order valence-electron chi connectivity index (χ3n) is 2.65. The van der Waals surface area contributed by atoms with Crippen molar-refractivity contribution in [3.8, 4) is 5.75 Å². The molecule has 0 unspecified atom stereocenters. The molecular formula is C15H23NO3. The van der Waals surface area contributed by atoms with Gasteiger partial charge in [-0.3, -0.25) is 4.99 Å². The fourth-order valence-electron chi connectivity index (χ4n) is 1.69. The van der Waals surface area contributed by atoms with E-state index < -0.39 is 0 Å². The molecular weight excluding hydrogens is 242 g/mol. The molecule has 0 atom stereocenters. The Bertz CT molecular complexity index is 366. The number of rotatable bonds is 10. The smallest absolute Gasteiger partial charge is 0.120 e. The Kier molecular flexibility index (Phi) is 8.68. The molecule has 0 heterocycles. The highest BCUT2D eigenvalue weighted by Gasteiger charge is 1.94. The molecule has 106 valence electrons. The van der Waals surface area contributed by atoms with Gasteiger partial charge in [0.2, 0.25) is 0 Å². The number of aliphatic hydroxyl groups excluding tert-OH is 2. The molecule has 2 N–H and O–H groups in total. The van der Waals surface area contributed by atoms with Crippen molar-refractivity contribution < 1.29 is 14.9 Å². The van der Waals surface area contributed by atoms with Crippen molar-refractivity contribution in [3.05, 3.63) is 29.8 Å². The summed E-state index contributed by atoms with van der Waals surface area (Å²) in [6.07, 6.45) is 5.96. The van der Waals surface area contributed by atoms with E-state index >= 15 is 0 Å². The largest absolute Gasteiger partial charge is 0.491 e. The van der Waals surface area contributed by atoms with Gasteiger partial charge in [-0.05, 0) is 30.5 Å². The van der Waals surface area contributed by atoms with Crippen molar-refractivity contribution in [2.24, 2.45) is 4.99 Å². The molecule has 1 rings (SSSR count). The number of hydrogen-bond acceptors (Lipinski definition) is 4. The van der Waals surface area contributed by atoms with Gasteiger partial charge in [0.25, 0.3) is 0 Å². The molecule has 0 aliphatic carbocycles. The number of aliphatic hydroxyl groups is 2. The zero-order chi connectivity index (χ0) is 13.8. The fraction of sp³-hybridized carbons (Fsp3) is 0.533. The lowest BCUT2D eigenvalue weighted by atomic mass is 10.2. The summed E-state index contributed by atoms with van der Waals surface area (Å²) in [5.74, 6) is 0.751. The second-order valence-corrected chi connectivity index (χ2v) is 4.32. The first kappa shape index (κ1) is 15.7. The van der Waals surface area contributed by atoms with Crippen molar-refractivity contribution in [1.82, 2.24) is 0 Å². The molecule has 0 aromatic heterocycles. The second-order valence-electron chi connectivity index (χ2n) is 4.32. The van der Waals surface area contributed by atoms with Crippen LogP contribution in [-0.2, 0) is 0 Å². The van der Waals surface area contributed by atoms with Gasteiger partial charge < -0.3 is 14.9 Å². The summed E-state index contributed by atoms with van der Waals surface area (Å²) < 4.78 is 5.33. The molecule has 0 saturated heterocycles. The number of benzene rings is 1. The van der Waals surface area contributed by atoms with E-state index in [4.69, 9.17) is 14.9 Å². The second kappa shape index (κ2) is 10.5. The van der Waals surface area contributed by atoms with Crippen molar-refractivity contribution in [1.29, 1.82) is 0 Å². The molecule has 4 nitrogen and oxygen atoms in total. The maximum Gasteiger partial charge on any atom is 0.120 e. The summed E-state index contributed by atoms with van der Waals surface area (Å²) >= 11 is 0. The fourth-order valence-corrected chi connectivity index (χ4v) is 1.69. The maximum absolute atomic E-state index is 8.69. The van der Waals surface area contributed by atoms with Gasteiger partial charge in [0, 0.05) is 19.4 Å². The van der Waals surface area contributed by atoms with E-state index in [0.717, 1.165) is 43.5 Å². The zero-order valence-electron chi connectivity index (χ0n) is 11.3. The average molecular weight is 265 g/mol. The third kappa shape index (κ3) is 7.59. The summed E-state index contributed by atoms with van der Waals surface area (Å²) in [5.41, 5.74) is 1.01. The summed E-state index contributed by atoms with van der Waals surface area (Å²) in [5, 5.41) is 17.3. The van der Waals surface area contributed by atoms with E-state index in [2.05, 4.69) is 4.99 Å². The lowest BCUT2D eigenvalue weighted by molar-refractivity contribution is 0.201. The quantitative estimate of drug-likeness (QED) is 0.502. The molecule has 0 fully saturated rings. The van der Waals surface area contributed by atoms with Crippen LogP contribution < -0.4 is 4.74 Å². The monoisotopic (exact) mass is 265 g/mol. The van der Waals surface area contributed by atoms with Gasteiger partial charge in [-0.15, -0.1) is 0 Å². The minimum atomic E-state index is 0.0200. The first-order valence-corrected chi connectivity index (χ1v) is 6.81. The predicted octanol–water partition coefficient (Wildman–Crippen LogP) is 2.03. The first-order valence-electron chi connectivity index (χ1n) is 6.81. The van der Waals surface area contributed by atoms with Crippen LogP contribution in [0.4, 0.5) is 0 Å². The minimum absolute atomic E-state index is 0.0200. The third-order valence-corrected chi connectivity index (χ3v) is 2.65. The van der Waals surface area contributed by atoms with Crippen LogP contribution in [0.3, 0.4) is 0 Å². The molecule has 0 radical (unpaired) electrons. The topological polar surface area (TPSA) is 62.1 Å². The van der Waals surface area contributed by atoms with Crippen molar-refractivity contribution in [2.75, 3.05) is 26.4 Å². The molecule has 19 heavy (non-hydrogen) atoms. The van der Waals surface area contributed by atoms with Crippen LogP contribution in [0.15, 0.2) is 29.3 Å². The normalized spacial score (nSPS) is 11.1. The summed E-state index contributed by atoms with van der Waals surface area (Å²) in [4.78, 5) is 4.37.